The summed E-state index contributed by atoms with van der Waals surface area (Å²) in [6.45, 7) is 13.6. The Labute approximate surface area is 444 Å². The number of Topliss-reactive ketones (excluding diaryl/α,β-unsaturated/α-hetero) is 3. The van der Waals surface area contributed by atoms with Gasteiger partial charge in [0.25, 0.3) is 11.7 Å². The highest BCUT2D eigenvalue weighted by atomic mass is 16.6. The highest BCUT2D eigenvalue weighted by Crippen LogP contribution is 2.37. The number of methoxy groups -OCH3 is 2. The fraction of sp³-hybridized carbons (Fsp3) is 0.750. The lowest BCUT2D eigenvalue weighted by Gasteiger charge is -2.42. The van der Waals surface area contributed by atoms with Gasteiger partial charge < -0.3 is 64.4 Å². The van der Waals surface area contributed by atoms with Crippen molar-refractivity contribution in [2.45, 2.75) is 186 Å². The molecule has 2 saturated heterocycles. The van der Waals surface area contributed by atoms with E-state index in [0.717, 1.165) is 10.5 Å². The van der Waals surface area contributed by atoms with Gasteiger partial charge in [0, 0.05) is 70.6 Å². The van der Waals surface area contributed by atoms with Gasteiger partial charge in [0.1, 0.15) is 17.9 Å². The summed E-state index contributed by atoms with van der Waals surface area (Å²) >= 11 is 0. The average Bonchev–Trinajstić information content (AvgIpc) is 3.38. The van der Waals surface area contributed by atoms with Crippen LogP contribution in [0.15, 0.2) is 47.6 Å². The van der Waals surface area contributed by atoms with Gasteiger partial charge in [0.15, 0.2) is 18.0 Å². The molecule has 3 heterocycles. The highest BCUT2D eigenvalue weighted by Gasteiger charge is 2.53. The van der Waals surface area contributed by atoms with Crippen LogP contribution in [-0.4, -0.2) is 170 Å². The van der Waals surface area contributed by atoms with Gasteiger partial charge in [-0.1, -0.05) is 64.2 Å². The van der Waals surface area contributed by atoms with Gasteiger partial charge in [-0.3, -0.25) is 19.2 Å². The van der Waals surface area contributed by atoms with Crippen molar-refractivity contribution in [2.24, 2.45) is 35.3 Å². The Balaban J connectivity index is 1.72. The molecule has 4 aliphatic rings. The van der Waals surface area contributed by atoms with Gasteiger partial charge >= 0.3 is 12.1 Å². The quantitative estimate of drug-likeness (QED) is 0.0703. The molecule has 0 aromatic heterocycles. The van der Waals surface area contributed by atoms with Crippen molar-refractivity contribution < 1.29 is 77.2 Å². The number of ether oxygens (including phenoxy) is 7. The number of nitrogens with two attached hydrogens (primary N) is 1. The summed E-state index contributed by atoms with van der Waals surface area (Å²) in [7, 11) is 3.07. The zero-order chi connectivity index (χ0) is 55.4. The monoisotopic (exact) mass is 1060 g/mol. The van der Waals surface area contributed by atoms with E-state index in [9.17, 15) is 44.1 Å². The van der Waals surface area contributed by atoms with Crippen LogP contribution in [-0.2, 0) is 57.1 Å². The lowest BCUT2D eigenvalue weighted by molar-refractivity contribution is -0.265. The number of nitrogens with one attached hydrogen (secondary N) is 1. The van der Waals surface area contributed by atoms with Crippen LogP contribution in [0.4, 0.5) is 4.79 Å². The van der Waals surface area contributed by atoms with E-state index < -0.39 is 120 Å². The Hall–Kier alpha value is -4.18. The van der Waals surface area contributed by atoms with Crippen LogP contribution in [0.5, 0.6) is 0 Å². The number of esters is 1. The lowest BCUT2D eigenvalue weighted by Crippen LogP contribution is -2.61. The minimum Gasteiger partial charge on any atom is -0.459 e. The number of rotatable bonds is 13. The number of fused-ring (bicyclic) bond motifs is 3. The van der Waals surface area contributed by atoms with Crippen LogP contribution in [0.25, 0.3) is 0 Å². The van der Waals surface area contributed by atoms with Gasteiger partial charge in [0.2, 0.25) is 5.79 Å². The van der Waals surface area contributed by atoms with E-state index in [1.54, 1.807) is 34.8 Å². The molecule has 3 aliphatic heterocycles. The summed E-state index contributed by atoms with van der Waals surface area (Å²) in [5, 5.41) is 36.8. The number of hydrogen-bond acceptors (Lipinski definition) is 17. The van der Waals surface area contributed by atoms with E-state index in [-0.39, 0.29) is 56.4 Å². The highest BCUT2D eigenvalue weighted by molar-refractivity contribution is 6.39. The maximum Gasteiger partial charge on any atom is 0.407 e. The largest absolute Gasteiger partial charge is 0.459 e. The second-order valence-electron chi connectivity index (χ2n) is 21.2. The lowest BCUT2D eigenvalue weighted by atomic mass is 9.80. The Kier molecular flexibility index (Phi) is 26.4. The minimum atomic E-state index is -2.48. The maximum absolute atomic E-state index is 14.5. The van der Waals surface area contributed by atoms with Crippen molar-refractivity contribution >= 4 is 35.3 Å². The summed E-state index contributed by atoms with van der Waals surface area (Å²) in [6.07, 6.45) is 7.13. The van der Waals surface area contributed by atoms with Crippen LogP contribution in [0.1, 0.15) is 126 Å². The summed E-state index contributed by atoms with van der Waals surface area (Å²) < 4.78 is 40.2. The fourth-order valence-corrected chi connectivity index (χ4v) is 10.6. The number of nitrogens with zero attached hydrogens (tertiary/aromatic N) is 1. The molecule has 0 radical (unpaired) electrons. The van der Waals surface area contributed by atoms with Gasteiger partial charge in [-0.05, 0) is 108 Å². The van der Waals surface area contributed by atoms with E-state index >= 15 is 0 Å². The Bertz CT molecular complexity index is 2010. The molecule has 0 aromatic carbocycles. The molecule has 19 nitrogen and oxygen atoms in total. The molecule has 3 fully saturated rings. The number of hydrogen-bond donors (Lipinski definition) is 5. The van der Waals surface area contributed by atoms with Crippen LogP contribution in [0.3, 0.4) is 0 Å². The molecule has 0 aromatic rings. The number of ketones is 3. The molecule has 424 valence electrons. The zero-order valence-corrected chi connectivity index (χ0v) is 45.9. The number of cyclic esters (lactones) is 1. The molecule has 6 N–H and O–H groups in total. The van der Waals surface area contributed by atoms with Gasteiger partial charge in [0.05, 0.1) is 44.2 Å². The van der Waals surface area contributed by atoms with Crippen LogP contribution in [0.2, 0.25) is 0 Å². The SMILES string of the molecule is CCOCCOCCNC(=O)O[C@@H]1/C(C)=C/[C@@H](C)C(=O)C[C@@H]([C@H](N)C[C@@H]2CCC(O)[C@H](OC)C2)OC(=O)[C@@H]2CCCCN2C(=O)C(=O)[C@]2(O)O[C@@H](CC[C@H]2C)C[C@H](OC)/C(C)=C/C=C/C=C/C(C)C[C@@H](C)C(=O)[C@@H]1O. The number of carbonyl (C=O) groups excluding carboxylic acids is 6. The molecule has 2 amide bonds. The number of aliphatic hydroxyl groups is 3. The van der Waals surface area contributed by atoms with Crippen molar-refractivity contribution in [3.63, 3.8) is 0 Å². The van der Waals surface area contributed by atoms with Crippen molar-refractivity contribution in [1.82, 2.24) is 10.2 Å². The number of alkyl carbamates (subject to hydrolysis) is 1. The standard InChI is InChI=1S/C56H89N3O16/c1-10-71-26-27-72-25-23-58-55(67)74-51-38(6)29-36(4)45(61)33-47(42(57)30-40-20-22-44(60)48(31-40)70-9)73-54(66)43-18-14-15-24-59(43)53(65)52(64)56(68)39(7)19-21-41(75-56)32-46(69-8)35(3)17-13-11-12-16-34(2)28-37(5)49(62)50(51)63/h11-13,16-17,29,34,36-37,39-44,46-48,50-51,60,63,68H,10,14-15,18-28,30-33,57H2,1-9H3,(H,58,67)/b13-11+,16-12+,35-17+,38-29+/t34?,36-,37-,39-,40+,41+,42-,43+,44?,46+,47+,48-,50+,51-,56-/m1/s1. The van der Waals surface area contributed by atoms with E-state index in [1.807, 2.05) is 51.2 Å². The molecule has 2 bridgehead atoms. The molecule has 15 atom stereocenters. The Morgan fingerprint density at radius 1 is 0.893 bits per heavy atom. The van der Waals surface area contributed by atoms with Gasteiger partial charge in [-0.25, -0.2) is 9.59 Å². The van der Waals surface area contributed by atoms with Crippen molar-refractivity contribution in [2.75, 3.05) is 53.7 Å². The van der Waals surface area contributed by atoms with Gasteiger partial charge in [-0.2, -0.15) is 0 Å². The third kappa shape index (κ3) is 18.8. The van der Waals surface area contributed by atoms with E-state index in [2.05, 4.69) is 5.32 Å². The second kappa shape index (κ2) is 31.3. The first kappa shape index (κ1) is 63.4. The molecule has 1 saturated carbocycles. The number of allylic oxidation sites excluding steroid dienone is 6. The van der Waals surface area contributed by atoms with Crippen molar-refractivity contribution in [1.29, 1.82) is 0 Å². The van der Waals surface area contributed by atoms with Gasteiger partial charge in [-0.15, -0.1) is 0 Å². The third-order valence-electron chi connectivity index (χ3n) is 15.3. The van der Waals surface area contributed by atoms with E-state index in [0.29, 0.717) is 71.2 Å². The molecule has 75 heavy (non-hydrogen) atoms. The zero-order valence-electron chi connectivity index (χ0n) is 45.9. The Morgan fingerprint density at radius 3 is 2.33 bits per heavy atom. The first-order valence-electron chi connectivity index (χ1n) is 27.1. The number of aliphatic hydroxyl groups excluding tert-OH is 2. The molecule has 2 unspecified atom stereocenters. The maximum atomic E-state index is 14.5. The molecule has 1 aliphatic carbocycles. The Morgan fingerprint density at radius 2 is 1.63 bits per heavy atom. The average molecular weight is 1060 g/mol. The normalized spacial score (nSPS) is 36.5. The van der Waals surface area contributed by atoms with E-state index in [1.165, 1.54) is 13.2 Å². The summed E-state index contributed by atoms with van der Waals surface area (Å²) in [5.41, 5.74) is 7.94. The summed E-state index contributed by atoms with van der Waals surface area (Å²) in [4.78, 5) is 85.8. The molecule has 0 spiro atoms. The predicted molar refractivity (Wildman–Crippen MR) is 279 cm³/mol. The second-order valence-corrected chi connectivity index (χ2v) is 21.2. The van der Waals surface area contributed by atoms with Crippen molar-refractivity contribution in [3.8, 4) is 0 Å². The molecular formula is C56H89N3O16. The molecule has 19 heteroatoms. The number of amides is 2. The fourth-order valence-electron chi connectivity index (χ4n) is 10.6. The first-order chi connectivity index (χ1) is 35.6. The topological polar surface area (TPSA) is 269 Å². The summed E-state index contributed by atoms with van der Waals surface area (Å²) in [5.74, 6) is -9.22. The van der Waals surface area contributed by atoms with Crippen molar-refractivity contribution in [3.05, 3.63) is 47.6 Å². The number of piperidine rings is 1. The predicted octanol–water partition coefficient (Wildman–Crippen LogP) is 5.00. The molecular weight excluding hydrogens is 971 g/mol. The first-order valence-corrected chi connectivity index (χ1v) is 27.1. The van der Waals surface area contributed by atoms with Crippen LogP contribution >= 0.6 is 0 Å². The van der Waals surface area contributed by atoms with E-state index in [4.69, 9.17) is 38.9 Å². The molecule has 4 rings (SSSR count). The number of carbonyl (C=O) groups is 6. The van der Waals surface area contributed by atoms with Crippen LogP contribution < -0.4 is 11.1 Å². The third-order valence-corrected chi connectivity index (χ3v) is 15.3. The van der Waals surface area contributed by atoms with Crippen LogP contribution in [0, 0.1) is 29.6 Å². The smallest absolute Gasteiger partial charge is 0.407 e. The summed E-state index contributed by atoms with van der Waals surface area (Å²) in [6, 6.07) is -2.16. The minimum absolute atomic E-state index is 0.0196.